The van der Waals surface area contributed by atoms with Crippen molar-refractivity contribution >= 4 is 11.5 Å². The quantitative estimate of drug-likeness (QED) is 0.429. The van der Waals surface area contributed by atoms with Gasteiger partial charge in [-0.15, -0.1) is 0 Å². The van der Waals surface area contributed by atoms with Crippen LogP contribution in [0, 0.1) is 0 Å². The van der Waals surface area contributed by atoms with Crippen LogP contribution in [0.4, 0.5) is 11.5 Å². The van der Waals surface area contributed by atoms with Crippen LogP contribution in [0.2, 0.25) is 0 Å². The Morgan fingerprint density at radius 2 is 2.27 bits per heavy atom. The van der Waals surface area contributed by atoms with Crippen molar-refractivity contribution in [3.05, 3.63) is 18.3 Å². The molecule has 1 rings (SSSR count). The van der Waals surface area contributed by atoms with Gasteiger partial charge in [0.2, 0.25) is 0 Å². The van der Waals surface area contributed by atoms with Crippen molar-refractivity contribution in [3.63, 3.8) is 0 Å². The lowest BCUT2D eigenvalue weighted by Crippen LogP contribution is -2.20. The van der Waals surface area contributed by atoms with Gasteiger partial charge < -0.3 is 15.8 Å². The molecule has 0 aliphatic heterocycles. The Labute approximate surface area is 89.7 Å². The topological polar surface area (TPSA) is 83.2 Å². The Bertz CT molecular complexity index is 303. The molecule has 0 aliphatic rings. The summed E-state index contributed by atoms with van der Waals surface area (Å²) in [5.41, 5.74) is 3.42. The van der Waals surface area contributed by atoms with Gasteiger partial charge in [-0.1, -0.05) is 0 Å². The first-order chi connectivity index (χ1) is 7.11. The molecule has 2 unspecified atom stereocenters. The molecule has 1 aromatic rings. The van der Waals surface area contributed by atoms with Gasteiger partial charge >= 0.3 is 0 Å². The first-order valence-corrected chi connectivity index (χ1v) is 4.99. The van der Waals surface area contributed by atoms with Crippen LogP contribution in [0.15, 0.2) is 18.3 Å². The summed E-state index contributed by atoms with van der Waals surface area (Å²) >= 11 is 0. The van der Waals surface area contributed by atoms with E-state index in [4.69, 9.17) is 5.84 Å². The number of rotatable bonds is 5. The van der Waals surface area contributed by atoms with Gasteiger partial charge in [0.25, 0.3) is 0 Å². The lowest BCUT2D eigenvalue weighted by atomic mass is 10.1. The molecule has 0 spiro atoms. The Morgan fingerprint density at radius 1 is 1.53 bits per heavy atom. The zero-order valence-corrected chi connectivity index (χ0v) is 9.07. The van der Waals surface area contributed by atoms with Crippen molar-refractivity contribution < 1.29 is 5.11 Å². The summed E-state index contributed by atoms with van der Waals surface area (Å²) in [7, 11) is 0. The monoisotopic (exact) mass is 210 g/mol. The number of aromatic nitrogens is 1. The molecule has 0 fully saturated rings. The number of nitrogens with zero attached hydrogens (tertiary/aromatic N) is 1. The molecule has 5 nitrogen and oxygen atoms in total. The van der Waals surface area contributed by atoms with E-state index in [9.17, 15) is 5.11 Å². The van der Waals surface area contributed by atoms with Crippen LogP contribution in [-0.4, -0.2) is 22.2 Å². The number of hydrogen-bond donors (Lipinski definition) is 4. The maximum atomic E-state index is 9.22. The fourth-order valence-corrected chi connectivity index (χ4v) is 1.45. The number of aliphatic hydroxyl groups is 1. The first-order valence-electron chi connectivity index (χ1n) is 4.99. The van der Waals surface area contributed by atoms with Crippen molar-refractivity contribution in [2.24, 2.45) is 5.84 Å². The maximum absolute atomic E-state index is 9.22. The number of anilines is 2. The second-order valence-corrected chi connectivity index (χ2v) is 3.70. The summed E-state index contributed by atoms with van der Waals surface area (Å²) in [6.07, 6.45) is 2.07. The standard InChI is InChI=1S/C10H18N4O/c1-7(5-8(2)15)13-9-3-4-12-10(6-9)14-11/h3-4,6-8,15H,5,11H2,1-2H3,(H2,12,13,14). The van der Waals surface area contributed by atoms with Gasteiger partial charge in [-0.25, -0.2) is 10.8 Å². The van der Waals surface area contributed by atoms with E-state index in [2.05, 4.69) is 15.7 Å². The van der Waals surface area contributed by atoms with Crippen molar-refractivity contribution in [1.29, 1.82) is 0 Å². The number of aliphatic hydroxyl groups excluding tert-OH is 1. The van der Waals surface area contributed by atoms with Crippen LogP contribution < -0.4 is 16.6 Å². The van der Waals surface area contributed by atoms with E-state index in [1.165, 1.54) is 0 Å². The average Bonchev–Trinajstić information content (AvgIpc) is 2.16. The summed E-state index contributed by atoms with van der Waals surface area (Å²) in [5.74, 6) is 5.87. The van der Waals surface area contributed by atoms with Crippen LogP contribution in [0.3, 0.4) is 0 Å². The predicted molar refractivity (Wildman–Crippen MR) is 61.4 cm³/mol. The molecular formula is C10H18N4O. The maximum Gasteiger partial charge on any atom is 0.141 e. The number of nitrogen functional groups attached to an aromatic ring is 1. The zero-order chi connectivity index (χ0) is 11.3. The minimum Gasteiger partial charge on any atom is -0.393 e. The largest absolute Gasteiger partial charge is 0.393 e. The van der Waals surface area contributed by atoms with Crippen LogP contribution in [-0.2, 0) is 0 Å². The van der Waals surface area contributed by atoms with Crippen molar-refractivity contribution in [3.8, 4) is 0 Å². The molecule has 2 atom stereocenters. The summed E-state index contributed by atoms with van der Waals surface area (Å²) in [6.45, 7) is 3.79. The smallest absolute Gasteiger partial charge is 0.141 e. The molecule has 0 aromatic carbocycles. The molecular weight excluding hydrogens is 192 g/mol. The van der Waals surface area contributed by atoms with Gasteiger partial charge in [0, 0.05) is 24.0 Å². The van der Waals surface area contributed by atoms with E-state index in [1.807, 2.05) is 19.1 Å². The Balaban J connectivity index is 2.55. The van der Waals surface area contributed by atoms with Gasteiger partial charge in [0.1, 0.15) is 5.82 Å². The van der Waals surface area contributed by atoms with E-state index in [-0.39, 0.29) is 12.1 Å². The SMILES string of the molecule is CC(O)CC(C)Nc1ccnc(NN)c1. The summed E-state index contributed by atoms with van der Waals surface area (Å²) in [6, 6.07) is 3.88. The van der Waals surface area contributed by atoms with Gasteiger partial charge in [-0.05, 0) is 26.3 Å². The van der Waals surface area contributed by atoms with Gasteiger partial charge in [0.05, 0.1) is 6.10 Å². The molecule has 0 radical (unpaired) electrons. The van der Waals surface area contributed by atoms with Gasteiger partial charge in [-0.2, -0.15) is 0 Å². The number of pyridine rings is 1. The fourth-order valence-electron chi connectivity index (χ4n) is 1.45. The highest BCUT2D eigenvalue weighted by Crippen LogP contribution is 2.13. The molecule has 84 valence electrons. The van der Waals surface area contributed by atoms with Crippen molar-refractivity contribution in [2.75, 3.05) is 10.7 Å². The second-order valence-electron chi connectivity index (χ2n) is 3.70. The minimum atomic E-state index is -0.304. The number of hydrazine groups is 1. The molecule has 0 aliphatic carbocycles. The zero-order valence-electron chi connectivity index (χ0n) is 9.07. The molecule has 1 heterocycles. The Hall–Kier alpha value is -1.33. The lowest BCUT2D eigenvalue weighted by molar-refractivity contribution is 0.179. The van der Waals surface area contributed by atoms with Gasteiger partial charge in [0.15, 0.2) is 0 Å². The number of nitrogens with two attached hydrogens (primary N) is 1. The van der Waals surface area contributed by atoms with Crippen LogP contribution in [0.5, 0.6) is 0 Å². The number of hydrogen-bond acceptors (Lipinski definition) is 5. The molecule has 0 saturated carbocycles. The number of nitrogens with one attached hydrogen (secondary N) is 2. The van der Waals surface area contributed by atoms with Crippen LogP contribution in [0.1, 0.15) is 20.3 Å². The third kappa shape index (κ3) is 4.14. The summed E-state index contributed by atoms with van der Waals surface area (Å²) in [5, 5.41) is 12.5. The third-order valence-corrected chi connectivity index (χ3v) is 2.02. The van der Waals surface area contributed by atoms with E-state index in [0.29, 0.717) is 12.2 Å². The van der Waals surface area contributed by atoms with E-state index in [0.717, 1.165) is 5.69 Å². The fraction of sp³-hybridized carbons (Fsp3) is 0.500. The molecule has 5 N–H and O–H groups in total. The molecule has 0 amide bonds. The average molecular weight is 210 g/mol. The lowest BCUT2D eigenvalue weighted by Gasteiger charge is -2.16. The van der Waals surface area contributed by atoms with Crippen LogP contribution in [0.25, 0.3) is 0 Å². The molecule has 5 heteroatoms. The Kier molecular flexibility index (Phi) is 4.33. The third-order valence-electron chi connectivity index (χ3n) is 2.02. The molecule has 0 bridgehead atoms. The van der Waals surface area contributed by atoms with Crippen molar-refractivity contribution in [1.82, 2.24) is 4.98 Å². The van der Waals surface area contributed by atoms with E-state index < -0.39 is 0 Å². The van der Waals surface area contributed by atoms with Gasteiger partial charge in [-0.3, -0.25) is 0 Å². The van der Waals surface area contributed by atoms with Crippen LogP contribution >= 0.6 is 0 Å². The second kappa shape index (κ2) is 5.53. The normalized spacial score (nSPS) is 14.4. The molecule has 15 heavy (non-hydrogen) atoms. The Morgan fingerprint density at radius 3 is 2.87 bits per heavy atom. The highest BCUT2D eigenvalue weighted by molar-refractivity contribution is 5.51. The minimum absolute atomic E-state index is 0.207. The molecule has 0 saturated heterocycles. The summed E-state index contributed by atoms with van der Waals surface area (Å²) < 4.78 is 0. The van der Waals surface area contributed by atoms with Crippen molar-refractivity contribution in [2.45, 2.75) is 32.4 Å². The van der Waals surface area contributed by atoms with E-state index >= 15 is 0 Å². The predicted octanol–water partition coefficient (Wildman–Crippen LogP) is 0.938. The molecule has 1 aromatic heterocycles. The van der Waals surface area contributed by atoms with E-state index in [1.54, 1.807) is 13.1 Å². The highest BCUT2D eigenvalue weighted by atomic mass is 16.3. The first kappa shape index (κ1) is 11.7. The highest BCUT2D eigenvalue weighted by Gasteiger charge is 2.05. The summed E-state index contributed by atoms with van der Waals surface area (Å²) in [4.78, 5) is 4.00.